The summed E-state index contributed by atoms with van der Waals surface area (Å²) in [5, 5.41) is 13.5. The molecule has 0 spiro atoms. The summed E-state index contributed by atoms with van der Waals surface area (Å²) in [6, 6.07) is 7.24. The third-order valence-corrected chi connectivity index (χ3v) is 2.97. The quantitative estimate of drug-likeness (QED) is 0.382. The Morgan fingerprint density at radius 1 is 1.30 bits per heavy atom. The number of hydrogen-bond donors (Lipinski definition) is 1. The Morgan fingerprint density at radius 2 is 2.00 bits per heavy atom. The number of halogens is 1. The van der Waals surface area contributed by atoms with Gasteiger partial charge in [-0.05, 0) is 30.7 Å². The predicted molar refractivity (Wildman–Crippen MR) is 79.4 cm³/mol. The van der Waals surface area contributed by atoms with Crippen molar-refractivity contribution in [2.75, 3.05) is 6.61 Å². The fourth-order valence-electron chi connectivity index (χ4n) is 1.89. The van der Waals surface area contributed by atoms with Crippen molar-refractivity contribution in [2.24, 2.45) is 0 Å². The van der Waals surface area contributed by atoms with Crippen LogP contribution in [0, 0.1) is 5.82 Å². The summed E-state index contributed by atoms with van der Waals surface area (Å²) in [5.41, 5.74) is 0.938. The normalized spacial score (nSPS) is 11.3. The molecule has 1 heterocycles. The zero-order valence-corrected chi connectivity index (χ0v) is 12.4. The van der Waals surface area contributed by atoms with Crippen LogP contribution in [0.25, 0.3) is 0 Å². The number of benzene rings is 1. The van der Waals surface area contributed by atoms with E-state index >= 15 is 0 Å². The molecule has 0 fully saturated rings. The SMILES string of the molecule is CCOC(=O)C(O)=CC(=O)c1ccnn1Cc1ccc(F)cc1. The molecule has 7 heteroatoms. The number of hydrogen-bond acceptors (Lipinski definition) is 5. The van der Waals surface area contributed by atoms with Crippen molar-refractivity contribution in [3.05, 3.63) is 65.4 Å². The number of esters is 1. The van der Waals surface area contributed by atoms with Crippen molar-refractivity contribution < 1.29 is 23.8 Å². The summed E-state index contributed by atoms with van der Waals surface area (Å²) in [6.45, 7) is 1.93. The number of rotatable bonds is 6. The summed E-state index contributed by atoms with van der Waals surface area (Å²) in [6.07, 6.45) is 2.21. The van der Waals surface area contributed by atoms with Gasteiger partial charge < -0.3 is 9.84 Å². The average Bonchev–Trinajstić information content (AvgIpc) is 2.98. The number of aromatic nitrogens is 2. The van der Waals surface area contributed by atoms with Crippen molar-refractivity contribution in [1.29, 1.82) is 0 Å². The van der Waals surface area contributed by atoms with Gasteiger partial charge in [0.1, 0.15) is 11.5 Å². The maximum Gasteiger partial charge on any atom is 0.373 e. The number of aliphatic hydroxyl groups is 1. The minimum absolute atomic E-state index is 0.0907. The second-order valence-corrected chi connectivity index (χ2v) is 4.61. The third-order valence-electron chi connectivity index (χ3n) is 2.97. The van der Waals surface area contributed by atoms with Crippen molar-refractivity contribution in [3.63, 3.8) is 0 Å². The molecule has 0 aliphatic rings. The summed E-state index contributed by atoms with van der Waals surface area (Å²) in [7, 11) is 0. The molecule has 0 atom stereocenters. The molecule has 2 rings (SSSR count). The monoisotopic (exact) mass is 318 g/mol. The molecule has 0 saturated heterocycles. The molecular formula is C16H15FN2O4. The number of ether oxygens (including phenoxy) is 1. The third kappa shape index (κ3) is 4.26. The summed E-state index contributed by atoms with van der Waals surface area (Å²) in [5.74, 6) is -2.68. The lowest BCUT2D eigenvalue weighted by atomic mass is 10.2. The molecular weight excluding hydrogens is 303 g/mol. The van der Waals surface area contributed by atoms with Gasteiger partial charge in [0.15, 0.2) is 0 Å². The second-order valence-electron chi connectivity index (χ2n) is 4.61. The molecule has 6 nitrogen and oxygen atoms in total. The molecule has 0 saturated carbocycles. The Bertz CT molecular complexity index is 735. The number of aliphatic hydroxyl groups excluding tert-OH is 1. The lowest BCUT2D eigenvalue weighted by Crippen LogP contribution is -2.13. The average molecular weight is 318 g/mol. The standard InChI is InChI=1S/C16H15FN2O4/c1-2-23-16(22)15(21)9-14(20)13-7-8-18-19(13)10-11-3-5-12(17)6-4-11/h3-9,21H,2,10H2,1H3. The Morgan fingerprint density at radius 3 is 2.65 bits per heavy atom. The van der Waals surface area contributed by atoms with E-state index < -0.39 is 17.5 Å². The smallest absolute Gasteiger partial charge is 0.373 e. The lowest BCUT2D eigenvalue weighted by molar-refractivity contribution is -0.141. The zero-order valence-electron chi connectivity index (χ0n) is 12.4. The van der Waals surface area contributed by atoms with Gasteiger partial charge in [-0.2, -0.15) is 5.10 Å². The van der Waals surface area contributed by atoms with E-state index in [1.165, 1.54) is 29.1 Å². The molecule has 0 radical (unpaired) electrons. The van der Waals surface area contributed by atoms with Crippen LogP contribution in [-0.2, 0) is 16.1 Å². The van der Waals surface area contributed by atoms with E-state index in [0.29, 0.717) is 0 Å². The Hall–Kier alpha value is -2.96. The van der Waals surface area contributed by atoms with E-state index in [2.05, 4.69) is 9.84 Å². The van der Waals surface area contributed by atoms with Gasteiger partial charge in [-0.1, -0.05) is 12.1 Å². The molecule has 0 bridgehead atoms. The minimum atomic E-state index is -0.967. The number of nitrogens with zero attached hydrogens (tertiary/aromatic N) is 2. The lowest BCUT2D eigenvalue weighted by Gasteiger charge is -2.06. The van der Waals surface area contributed by atoms with Gasteiger partial charge in [0.2, 0.25) is 11.5 Å². The molecule has 1 N–H and O–H groups in total. The van der Waals surface area contributed by atoms with Crippen molar-refractivity contribution in [3.8, 4) is 0 Å². The van der Waals surface area contributed by atoms with Crippen LogP contribution in [0.3, 0.4) is 0 Å². The number of allylic oxidation sites excluding steroid dienone is 1. The van der Waals surface area contributed by atoms with E-state index in [-0.39, 0.29) is 24.7 Å². The van der Waals surface area contributed by atoms with E-state index in [4.69, 9.17) is 0 Å². The summed E-state index contributed by atoms with van der Waals surface area (Å²) >= 11 is 0. The molecule has 2 aromatic rings. The molecule has 23 heavy (non-hydrogen) atoms. The Balaban J connectivity index is 2.17. The highest BCUT2D eigenvalue weighted by atomic mass is 19.1. The fourth-order valence-corrected chi connectivity index (χ4v) is 1.89. The molecule has 0 aliphatic heterocycles. The highest BCUT2D eigenvalue weighted by Gasteiger charge is 2.15. The van der Waals surface area contributed by atoms with Crippen LogP contribution in [0.5, 0.6) is 0 Å². The predicted octanol–water partition coefficient (Wildman–Crippen LogP) is 2.26. The first-order valence-corrected chi connectivity index (χ1v) is 6.89. The first-order chi connectivity index (χ1) is 11.0. The molecule has 0 amide bonds. The maximum absolute atomic E-state index is 12.9. The highest BCUT2D eigenvalue weighted by Crippen LogP contribution is 2.09. The van der Waals surface area contributed by atoms with Crippen LogP contribution in [0.4, 0.5) is 4.39 Å². The van der Waals surface area contributed by atoms with Crippen LogP contribution in [0.1, 0.15) is 23.0 Å². The highest BCUT2D eigenvalue weighted by molar-refractivity contribution is 6.06. The maximum atomic E-state index is 12.9. The van der Waals surface area contributed by atoms with Crippen molar-refractivity contribution in [2.45, 2.75) is 13.5 Å². The van der Waals surface area contributed by atoms with Crippen LogP contribution in [0.15, 0.2) is 48.4 Å². The van der Waals surface area contributed by atoms with Crippen molar-refractivity contribution >= 4 is 11.8 Å². The van der Waals surface area contributed by atoms with Gasteiger partial charge in [0.25, 0.3) is 0 Å². The van der Waals surface area contributed by atoms with Crippen molar-refractivity contribution in [1.82, 2.24) is 9.78 Å². The van der Waals surface area contributed by atoms with Crippen LogP contribution >= 0.6 is 0 Å². The first-order valence-electron chi connectivity index (χ1n) is 6.89. The van der Waals surface area contributed by atoms with Gasteiger partial charge in [-0.3, -0.25) is 9.48 Å². The number of ketones is 1. The number of carbonyl (C=O) groups is 2. The molecule has 1 aromatic heterocycles. The topological polar surface area (TPSA) is 81.4 Å². The largest absolute Gasteiger partial charge is 0.502 e. The summed E-state index contributed by atoms with van der Waals surface area (Å²) in [4.78, 5) is 23.4. The van der Waals surface area contributed by atoms with Gasteiger partial charge in [0, 0.05) is 12.3 Å². The fraction of sp³-hybridized carbons (Fsp3) is 0.188. The zero-order chi connectivity index (χ0) is 16.8. The van der Waals surface area contributed by atoms with E-state index in [1.54, 1.807) is 19.1 Å². The van der Waals surface area contributed by atoms with Gasteiger partial charge in [-0.25, -0.2) is 9.18 Å². The second kappa shape index (κ2) is 7.35. The van der Waals surface area contributed by atoms with Crippen LogP contribution in [0.2, 0.25) is 0 Å². The van der Waals surface area contributed by atoms with Crippen LogP contribution in [-0.4, -0.2) is 33.2 Å². The van der Waals surface area contributed by atoms with Gasteiger partial charge in [-0.15, -0.1) is 0 Å². The van der Waals surface area contributed by atoms with E-state index in [9.17, 15) is 19.1 Å². The Kier molecular flexibility index (Phi) is 5.24. The number of carbonyl (C=O) groups excluding carboxylic acids is 2. The minimum Gasteiger partial charge on any atom is -0.502 e. The van der Waals surface area contributed by atoms with E-state index in [0.717, 1.165) is 11.6 Å². The van der Waals surface area contributed by atoms with Gasteiger partial charge in [0.05, 0.1) is 13.2 Å². The summed E-state index contributed by atoms with van der Waals surface area (Å²) < 4.78 is 18.9. The molecule has 0 unspecified atom stereocenters. The first kappa shape index (κ1) is 16.4. The molecule has 0 aliphatic carbocycles. The van der Waals surface area contributed by atoms with Gasteiger partial charge >= 0.3 is 5.97 Å². The molecule has 120 valence electrons. The van der Waals surface area contributed by atoms with Crippen LogP contribution < -0.4 is 0 Å². The Labute approximate surface area is 131 Å². The van der Waals surface area contributed by atoms with E-state index in [1.807, 2.05) is 0 Å². The molecule has 1 aromatic carbocycles.